The van der Waals surface area contributed by atoms with E-state index in [-0.39, 0.29) is 11.9 Å². The highest BCUT2D eigenvalue weighted by molar-refractivity contribution is 7.97. The van der Waals surface area contributed by atoms with Crippen molar-refractivity contribution >= 4 is 29.0 Å². The molecule has 2 nitrogen and oxygen atoms in total. The van der Waals surface area contributed by atoms with Gasteiger partial charge in [-0.15, -0.1) is 11.3 Å². The zero-order valence-electron chi connectivity index (χ0n) is 11.1. The summed E-state index contributed by atoms with van der Waals surface area (Å²) in [7, 11) is 0. The van der Waals surface area contributed by atoms with E-state index in [1.54, 1.807) is 23.1 Å². The average molecular weight is 291 g/mol. The van der Waals surface area contributed by atoms with E-state index < -0.39 is 0 Å². The molecular formula is C15H17NOS2. The summed E-state index contributed by atoms with van der Waals surface area (Å²) in [5.74, 6) is 0.963. The van der Waals surface area contributed by atoms with Gasteiger partial charge >= 0.3 is 0 Å². The van der Waals surface area contributed by atoms with Crippen molar-refractivity contribution in [2.45, 2.75) is 18.7 Å². The molecule has 0 saturated heterocycles. The van der Waals surface area contributed by atoms with Crippen LogP contribution in [-0.2, 0) is 5.75 Å². The van der Waals surface area contributed by atoms with Crippen molar-refractivity contribution in [3.05, 3.63) is 57.8 Å². The van der Waals surface area contributed by atoms with E-state index in [0.717, 1.165) is 5.75 Å². The largest absolute Gasteiger partial charge is 0.345 e. The molecule has 1 heterocycles. The Balaban J connectivity index is 1.99. The van der Waals surface area contributed by atoms with E-state index in [9.17, 15) is 4.79 Å². The summed E-state index contributed by atoms with van der Waals surface area (Å²) in [4.78, 5) is 13.3. The van der Waals surface area contributed by atoms with E-state index >= 15 is 0 Å². The molecule has 19 heavy (non-hydrogen) atoms. The Labute approximate surface area is 122 Å². The van der Waals surface area contributed by atoms with Crippen LogP contribution < -0.4 is 5.32 Å². The fourth-order valence-corrected chi connectivity index (χ4v) is 3.07. The number of thioether (sulfide) groups is 1. The van der Waals surface area contributed by atoms with Crippen molar-refractivity contribution in [2.75, 3.05) is 6.26 Å². The van der Waals surface area contributed by atoms with E-state index in [0.29, 0.717) is 5.56 Å². The summed E-state index contributed by atoms with van der Waals surface area (Å²) in [6, 6.07) is 11.9. The van der Waals surface area contributed by atoms with Gasteiger partial charge in [0.2, 0.25) is 0 Å². The summed E-state index contributed by atoms with van der Waals surface area (Å²) in [6.45, 7) is 2.01. The molecule has 1 N–H and O–H groups in total. The van der Waals surface area contributed by atoms with Gasteiger partial charge in [-0.1, -0.05) is 18.2 Å². The van der Waals surface area contributed by atoms with Crippen molar-refractivity contribution in [3.8, 4) is 0 Å². The van der Waals surface area contributed by atoms with Gasteiger partial charge in [0, 0.05) is 16.2 Å². The number of amides is 1. The summed E-state index contributed by atoms with van der Waals surface area (Å²) < 4.78 is 0. The number of nitrogens with one attached hydrogen (secondary N) is 1. The standard InChI is InChI=1S/C15H17NOS2/c1-11(14-4-3-9-19-14)16-15(17)13-7-5-12(6-8-13)10-18-2/h3-9,11H,10H2,1-2H3,(H,16,17)/t11-/m1/s1. The number of benzene rings is 1. The summed E-state index contributed by atoms with van der Waals surface area (Å²) in [5.41, 5.74) is 1.96. The van der Waals surface area contributed by atoms with Crippen molar-refractivity contribution in [3.63, 3.8) is 0 Å². The van der Waals surface area contributed by atoms with E-state index in [4.69, 9.17) is 0 Å². The third-order valence-electron chi connectivity index (χ3n) is 2.84. The first-order chi connectivity index (χ1) is 9.20. The molecule has 2 rings (SSSR count). The predicted molar refractivity (Wildman–Crippen MR) is 83.9 cm³/mol. The zero-order chi connectivity index (χ0) is 13.7. The molecule has 4 heteroatoms. The highest BCUT2D eigenvalue weighted by Crippen LogP contribution is 2.19. The van der Waals surface area contributed by atoms with Crippen LogP contribution in [0.25, 0.3) is 0 Å². The molecule has 1 atom stereocenters. The Morgan fingerprint density at radius 1 is 1.32 bits per heavy atom. The van der Waals surface area contributed by atoms with Gasteiger partial charge in [-0.2, -0.15) is 11.8 Å². The second kappa shape index (κ2) is 6.78. The molecule has 0 aliphatic carbocycles. The van der Waals surface area contributed by atoms with Crippen molar-refractivity contribution in [2.24, 2.45) is 0 Å². The third kappa shape index (κ3) is 3.85. The number of hydrogen-bond donors (Lipinski definition) is 1. The van der Waals surface area contributed by atoms with Gasteiger partial charge in [0.1, 0.15) is 0 Å². The molecule has 100 valence electrons. The van der Waals surface area contributed by atoms with Gasteiger partial charge in [0.05, 0.1) is 6.04 Å². The SMILES string of the molecule is CSCc1ccc(C(=O)N[C@H](C)c2cccs2)cc1. The Hall–Kier alpha value is -1.26. The topological polar surface area (TPSA) is 29.1 Å². The molecule has 0 fully saturated rings. The maximum absolute atomic E-state index is 12.1. The molecule has 2 aromatic rings. The monoisotopic (exact) mass is 291 g/mol. The molecule has 1 aromatic carbocycles. The molecule has 0 aliphatic heterocycles. The summed E-state index contributed by atoms with van der Waals surface area (Å²) in [5, 5.41) is 5.04. The minimum Gasteiger partial charge on any atom is -0.345 e. The predicted octanol–water partition coefficient (Wildman–Crippen LogP) is 4.10. The van der Waals surface area contributed by atoms with Crippen LogP contribution in [0.3, 0.4) is 0 Å². The maximum Gasteiger partial charge on any atom is 0.251 e. The van der Waals surface area contributed by atoms with Gasteiger partial charge in [-0.3, -0.25) is 4.79 Å². The number of rotatable bonds is 5. The second-order valence-corrected chi connectivity index (χ2v) is 6.19. The van der Waals surface area contributed by atoms with Crippen LogP contribution in [0, 0.1) is 0 Å². The molecule has 0 spiro atoms. The van der Waals surface area contributed by atoms with Crippen molar-refractivity contribution < 1.29 is 4.79 Å². The Kier molecular flexibility index (Phi) is 5.05. The van der Waals surface area contributed by atoms with Crippen LogP contribution in [0.1, 0.15) is 33.8 Å². The van der Waals surface area contributed by atoms with Gasteiger partial charge in [-0.05, 0) is 42.3 Å². The summed E-state index contributed by atoms with van der Waals surface area (Å²) in [6.07, 6.45) is 2.07. The number of carbonyl (C=O) groups is 1. The van der Waals surface area contributed by atoms with Crippen LogP contribution in [0.2, 0.25) is 0 Å². The van der Waals surface area contributed by atoms with Gasteiger partial charge in [0.15, 0.2) is 0 Å². The summed E-state index contributed by atoms with van der Waals surface area (Å²) >= 11 is 3.44. The molecule has 1 aromatic heterocycles. The lowest BCUT2D eigenvalue weighted by molar-refractivity contribution is 0.0940. The van der Waals surface area contributed by atoms with Gasteiger partial charge < -0.3 is 5.32 Å². The Bertz CT molecular complexity index is 520. The second-order valence-electron chi connectivity index (χ2n) is 4.34. The van der Waals surface area contributed by atoms with E-state index in [2.05, 4.69) is 11.6 Å². The first-order valence-corrected chi connectivity index (χ1v) is 8.40. The molecule has 0 unspecified atom stereocenters. The molecule has 1 amide bonds. The lowest BCUT2D eigenvalue weighted by Crippen LogP contribution is -2.26. The third-order valence-corrected chi connectivity index (χ3v) is 4.52. The smallest absolute Gasteiger partial charge is 0.251 e. The van der Waals surface area contributed by atoms with Crippen molar-refractivity contribution in [1.82, 2.24) is 5.32 Å². The normalized spacial score (nSPS) is 12.1. The minimum absolute atomic E-state index is 0.0170. The maximum atomic E-state index is 12.1. The van der Waals surface area contributed by atoms with Gasteiger partial charge in [0.25, 0.3) is 5.91 Å². The number of thiophene rings is 1. The Morgan fingerprint density at radius 2 is 2.05 bits per heavy atom. The minimum atomic E-state index is -0.0170. The van der Waals surface area contributed by atoms with Crippen molar-refractivity contribution in [1.29, 1.82) is 0 Å². The van der Waals surface area contributed by atoms with Crippen LogP contribution >= 0.6 is 23.1 Å². The van der Waals surface area contributed by atoms with Crippen LogP contribution in [-0.4, -0.2) is 12.2 Å². The molecule has 0 saturated carbocycles. The highest BCUT2D eigenvalue weighted by Gasteiger charge is 2.11. The quantitative estimate of drug-likeness (QED) is 0.898. The van der Waals surface area contributed by atoms with E-state index in [1.807, 2.05) is 48.7 Å². The zero-order valence-corrected chi connectivity index (χ0v) is 12.7. The van der Waals surface area contributed by atoms with Crippen LogP contribution in [0.4, 0.5) is 0 Å². The number of hydrogen-bond acceptors (Lipinski definition) is 3. The van der Waals surface area contributed by atoms with Gasteiger partial charge in [-0.25, -0.2) is 0 Å². The molecular weight excluding hydrogens is 274 g/mol. The fourth-order valence-electron chi connectivity index (χ4n) is 1.81. The molecule has 0 bridgehead atoms. The first-order valence-electron chi connectivity index (χ1n) is 6.13. The fraction of sp³-hybridized carbons (Fsp3) is 0.267. The highest BCUT2D eigenvalue weighted by atomic mass is 32.2. The first kappa shape index (κ1) is 14.2. The van der Waals surface area contributed by atoms with E-state index in [1.165, 1.54) is 10.4 Å². The lowest BCUT2D eigenvalue weighted by Gasteiger charge is -2.12. The van der Waals surface area contributed by atoms with Crippen LogP contribution in [0.5, 0.6) is 0 Å². The lowest BCUT2D eigenvalue weighted by atomic mass is 10.1. The molecule has 0 aliphatic rings. The average Bonchev–Trinajstić information content (AvgIpc) is 2.94. The number of carbonyl (C=O) groups excluding carboxylic acids is 1. The molecule has 0 radical (unpaired) electrons. The van der Waals surface area contributed by atoms with Crippen LogP contribution in [0.15, 0.2) is 41.8 Å². The Morgan fingerprint density at radius 3 is 2.63 bits per heavy atom.